The fourth-order valence-electron chi connectivity index (χ4n) is 3.34. The second-order valence-electron chi connectivity index (χ2n) is 6.70. The minimum atomic E-state index is -0.352. The van der Waals surface area contributed by atoms with Crippen LogP contribution in [0.2, 0.25) is 0 Å². The molecule has 0 unspecified atom stereocenters. The van der Waals surface area contributed by atoms with Crippen molar-refractivity contribution >= 4 is 11.4 Å². The molecule has 5 nitrogen and oxygen atoms in total. The van der Waals surface area contributed by atoms with Gasteiger partial charge in [-0.1, -0.05) is 37.3 Å². The van der Waals surface area contributed by atoms with Crippen LogP contribution in [-0.4, -0.2) is 42.5 Å². The highest BCUT2D eigenvalue weighted by Gasteiger charge is 2.18. The quantitative estimate of drug-likeness (QED) is 0.591. The smallest absolute Gasteiger partial charge is 0.269 e. The van der Waals surface area contributed by atoms with Gasteiger partial charge in [0.1, 0.15) is 0 Å². The average Bonchev–Trinajstić information content (AvgIpc) is 2.67. The van der Waals surface area contributed by atoms with Crippen LogP contribution in [0.25, 0.3) is 0 Å². The first-order valence-electron chi connectivity index (χ1n) is 8.90. The summed E-state index contributed by atoms with van der Waals surface area (Å²) in [5, 5.41) is 10.7. The molecule has 0 N–H and O–H groups in total. The van der Waals surface area contributed by atoms with E-state index < -0.39 is 0 Å². The zero-order chi connectivity index (χ0) is 17.6. The Bertz CT molecular complexity index is 680. The van der Waals surface area contributed by atoms with Gasteiger partial charge in [-0.25, -0.2) is 0 Å². The molecule has 0 radical (unpaired) electrons. The lowest BCUT2D eigenvalue weighted by molar-refractivity contribution is -0.384. The number of hydrogen-bond donors (Lipinski definition) is 0. The van der Waals surface area contributed by atoms with Gasteiger partial charge >= 0.3 is 0 Å². The third-order valence-electron chi connectivity index (χ3n) is 5.04. The predicted molar refractivity (Wildman–Crippen MR) is 101 cm³/mol. The summed E-state index contributed by atoms with van der Waals surface area (Å²) in [6, 6.07) is 17.6. The summed E-state index contributed by atoms with van der Waals surface area (Å²) in [7, 11) is 0. The SMILES string of the molecule is C[C@H](CCN1CCN(c2ccc([N+](=O)[O-])cc2)CC1)c1ccccc1. The number of hydrogen-bond acceptors (Lipinski definition) is 4. The van der Waals surface area contributed by atoms with E-state index in [-0.39, 0.29) is 10.6 Å². The summed E-state index contributed by atoms with van der Waals surface area (Å²) in [6.07, 6.45) is 1.17. The van der Waals surface area contributed by atoms with Gasteiger partial charge in [-0.05, 0) is 36.6 Å². The molecule has 5 heteroatoms. The van der Waals surface area contributed by atoms with Crippen LogP contribution in [0.3, 0.4) is 0 Å². The second kappa shape index (κ2) is 8.12. The molecule has 1 saturated heterocycles. The highest BCUT2D eigenvalue weighted by Crippen LogP contribution is 2.22. The van der Waals surface area contributed by atoms with E-state index in [1.807, 2.05) is 12.1 Å². The first-order valence-corrected chi connectivity index (χ1v) is 8.90. The lowest BCUT2D eigenvalue weighted by atomic mass is 9.97. The molecule has 0 amide bonds. The van der Waals surface area contributed by atoms with Crippen LogP contribution in [-0.2, 0) is 0 Å². The summed E-state index contributed by atoms with van der Waals surface area (Å²) >= 11 is 0. The fourth-order valence-corrected chi connectivity index (χ4v) is 3.34. The molecule has 2 aromatic carbocycles. The Kier molecular flexibility index (Phi) is 5.66. The molecule has 2 aromatic rings. The first kappa shape index (κ1) is 17.4. The molecule has 1 fully saturated rings. The molecule has 0 bridgehead atoms. The van der Waals surface area contributed by atoms with Gasteiger partial charge in [-0.3, -0.25) is 15.0 Å². The highest BCUT2D eigenvalue weighted by atomic mass is 16.6. The van der Waals surface area contributed by atoms with Gasteiger partial charge in [0.05, 0.1) is 4.92 Å². The summed E-state index contributed by atoms with van der Waals surface area (Å²) in [5.41, 5.74) is 2.63. The van der Waals surface area contributed by atoms with Crippen LogP contribution in [0.15, 0.2) is 54.6 Å². The Balaban J connectivity index is 1.46. The molecule has 1 aliphatic heterocycles. The molecular formula is C20H25N3O2. The van der Waals surface area contributed by atoms with Crippen LogP contribution in [0.4, 0.5) is 11.4 Å². The Morgan fingerprint density at radius 2 is 1.64 bits per heavy atom. The number of nitrogens with zero attached hydrogens (tertiary/aromatic N) is 3. The van der Waals surface area contributed by atoms with E-state index in [1.54, 1.807) is 12.1 Å². The van der Waals surface area contributed by atoms with E-state index in [1.165, 1.54) is 12.0 Å². The van der Waals surface area contributed by atoms with Crippen molar-refractivity contribution in [2.75, 3.05) is 37.6 Å². The van der Waals surface area contributed by atoms with Gasteiger partial charge in [0, 0.05) is 44.0 Å². The number of nitro groups is 1. The maximum absolute atomic E-state index is 10.7. The van der Waals surface area contributed by atoms with Gasteiger partial charge in [-0.15, -0.1) is 0 Å². The highest BCUT2D eigenvalue weighted by molar-refractivity contribution is 5.51. The van der Waals surface area contributed by atoms with Crippen LogP contribution in [0.5, 0.6) is 0 Å². The van der Waals surface area contributed by atoms with Crippen LogP contribution >= 0.6 is 0 Å². The lowest BCUT2D eigenvalue weighted by Gasteiger charge is -2.36. The maximum atomic E-state index is 10.7. The molecule has 0 spiro atoms. The predicted octanol–water partition coefficient (Wildman–Crippen LogP) is 3.91. The van der Waals surface area contributed by atoms with Crippen molar-refractivity contribution in [3.8, 4) is 0 Å². The van der Waals surface area contributed by atoms with Gasteiger partial charge in [0.15, 0.2) is 0 Å². The van der Waals surface area contributed by atoms with Crippen molar-refractivity contribution in [3.05, 3.63) is 70.3 Å². The molecule has 1 aliphatic rings. The monoisotopic (exact) mass is 339 g/mol. The number of nitro benzene ring substituents is 1. The molecular weight excluding hydrogens is 314 g/mol. The van der Waals surface area contributed by atoms with Gasteiger partial charge in [0.2, 0.25) is 0 Å². The first-order chi connectivity index (χ1) is 12.1. The summed E-state index contributed by atoms with van der Waals surface area (Å²) < 4.78 is 0. The number of non-ortho nitro benzene ring substituents is 1. The molecule has 132 valence electrons. The maximum Gasteiger partial charge on any atom is 0.269 e. The van der Waals surface area contributed by atoms with E-state index in [9.17, 15) is 10.1 Å². The standard InChI is InChI=1S/C20H25N3O2/c1-17(18-5-3-2-4-6-18)11-12-21-13-15-22(16-14-21)19-7-9-20(10-8-19)23(24)25/h2-10,17H,11-16H2,1H3/t17-/m1/s1. The summed E-state index contributed by atoms with van der Waals surface area (Å²) in [4.78, 5) is 15.2. The van der Waals surface area contributed by atoms with E-state index in [2.05, 4.69) is 47.1 Å². The van der Waals surface area contributed by atoms with Crippen LogP contribution in [0.1, 0.15) is 24.8 Å². The molecule has 1 heterocycles. The van der Waals surface area contributed by atoms with E-state index in [4.69, 9.17) is 0 Å². The molecule has 0 saturated carbocycles. The van der Waals surface area contributed by atoms with Gasteiger partial charge in [0.25, 0.3) is 5.69 Å². The number of benzene rings is 2. The van der Waals surface area contributed by atoms with Crippen molar-refractivity contribution in [2.45, 2.75) is 19.3 Å². The topological polar surface area (TPSA) is 49.6 Å². The van der Waals surface area contributed by atoms with Gasteiger partial charge in [-0.2, -0.15) is 0 Å². The molecule has 0 aliphatic carbocycles. The molecule has 3 rings (SSSR count). The minimum absolute atomic E-state index is 0.150. The van der Waals surface area contributed by atoms with E-state index in [0.717, 1.165) is 38.4 Å². The van der Waals surface area contributed by atoms with Crippen LogP contribution in [0, 0.1) is 10.1 Å². The average molecular weight is 339 g/mol. The Labute approximate surface area is 149 Å². The molecule has 25 heavy (non-hydrogen) atoms. The van der Waals surface area contributed by atoms with E-state index >= 15 is 0 Å². The van der Waals surface area contributed by atoms with Gasteiger partial charge < -0.3 is 4.90 Å². The number of rotatable bonds is 6. The Morgan fingerprint density at radius 3 is 2.24 bits per heavy atom. The minimum Gasteiger partial charge on any atom is -0.369 e. The van der Waals surface area contributed by atoms with E-state index in [0.29, 0.717) is 5.92 Å². The van der Waals surface area contributed by atoms with Crippen molar-refractivity contribution in [1.82, 2.24) is 4.90 Å². The Hall–Kier alpha value is -2.40. The normalized spacial score (nSPS) is 16.6. The fraction of sp³-hybridized carbons (Fsp3) is 0.400. The zero-order valence-corrected chi connectivity index (χ0v) is 14.7. The summed E-state index contributed by atoms with van der Waals surface area (Å²) in [5.74, 6) is 0.578. The van der Waals surface area contributed by atoms with Crippen molar-refractivity contribution < 1.29 is 4.92 Å². The van der Waals surface area contributed by atoms with Crippen LogP contribution < -0.4 is 4.90 Å². The third-order valence-corrected chi connectivity index (χ3v) is 5.04. The Morgan fingerprint density at radius 1 is 1.00 bits per heavy atom. The van der Waals surface area contributed by atoms with Crippen molar-refractivity contribution in [2.24, 2.45) is 0 Å². The number of anilines is 1. The molecule has 0 aromatic heterocycles. The lowest BCUT2D eigenvalue weighted by Crippen LogP contribution is -2.46. The van der Waals surface area contributed by atoms with Crippen molar-refractivity contribution in [1.29, 1.82) is 0 Å². The zero-order valence-electron chi connectivity index (χ0n) is 14.7. The summed E-state index contributed by atoms with van der Waals surface area (Å²) in [6.45, 7) is 7.43. The molecule has 1 atom stereocenters. The largest absolute Gasteiger partial charge is 0.369 e. The number of piperazine rings is 1. The van der Waals surface area contributed by atoms with Crippen molar-refractivity contribution in [3.63, 3.8) is 0 Å². The second-order valence-corrected chi connectivity index (χ2v) is 6.70. The third kappa shape index (κ3) is 4.57.